The summed E-state index contributed by atoms with van der Waals surface area (Å²) in [6, 6.07) is 0. The fourth-order valence-corrected chi connectivity index (χ4v) is 1.30. The number of hydrogen-bond acceptors (Lipinski definition) is 1. The predicted molar refractivity (Wildman–Crippen MR) is 36.8 cm³/mol. The first-order valence-electron chi connectivity index (χ1n) is 3.49. The summed E-state index contributed by atoms with van der Waals surface area (Å²) in [5.41, 5.74) is 0. The second-order valence-corrected chi connectivity index (χ2v) is 2.83. The molecule has 1 aliphatic carbocycles. The summed E-state index contributed by atoms with van der Waals surface area (Å²) in [7, 11) is 2.13. The van der Waals surface area contributed by atoms with E-state index in [1.54, 1.807) is 0 Å². The lowest BCUT2D eigenvalue weighted by Gasteiger charge is -2.23. The summed E-state index contributed by atoms with van der Waals surface area (Å²) >= 11 is 0. The molecule has 1 rings (SSSR count). The fourth-order valence-electron chi connectivity index (χ4n) is 1.30. The van der Waals surface area contributed by atoms with Gasteiger partial charge in [0, 0.05) is 6.10 Å². The minimum absolute atomic E-state index is 0.00347. The van der Waals surface area contributed by atoms with Crippen LogP contribution in [0.4, 0.5) is 0 Å². The molecule has 0 radical (unpaired) electrons. The maximum absolute atomic E-state index is 9.18. The van der Waals surface area contributed by atoms with Crippen LogP contribution in [-0.2, 0) is 0 Å². The van der Waals surface area contributed by atoms with Crippen LogP contribution in [0.1, 0.15) is 25.7 Å². The van der Waals surface area contributed by atoms with Gasteiger partial charge in [0.25, 0.3) is 0 Å². The standard InChI is InChI=1S/C6H13BO/c7-5-3-1-2-4-6(5)8/h5-6,8H,1-4,7H2/t5-,6-/m1/s1. The summed E-state index contributed by atoms with van der Waals surface area (Å²) in [4.78, 5) is 0. The molecular formula is C6H13BO. The smallest absolute Gasteiger partial charge is 0.108 e. The first-order valence-corrected chi connectivity index (χ1v) is 3.49. The van der Waals surface area contributed by atoms with Crippen LogP contribution in [0.5, 0.6) is 0 Å². The highest BCUT2D eigenvalue weighted by atomic mass is 16.3. The van der Waals surface area contributed by atoms with E-state index in [1.807, 2.05) is 0 Å². The molecule has 0 unspecified atom stereocenters. The zero-order chi connectivity index (χ0) is 5.98. The topological polar surface area (TPSA) is 20.2 Å². The summed E-state index contributed by atoms with van der Waals surface area (Å²) in [5, 5.41) is 9.18. The van der Waals surface area contributed by atoms with Gasteiger partial charge in [0.15, 0.2) is 0 Å². The van der Waals surface area contributed by atoms with Gasteiger partial charge in [-0.05, 0) is 12.2 Å². The number of aliphatic hydroxyl groups is 1. The zero-order valence-corrected chi connectivity index (χ0v) is 5.43. The third kappa shape index (κ3) is 1.25. The van der Waals surface area contributed by atoms with Gasteiger partial charge in [0.2, 0.25) is 0 Å². The number of hydrogen-bond donors (Lipinski definition) is 1. The maximum Gasteiger partial charge on any atom is 0.108 e. The third-order valence-electron chi connectivity index (χ3n) is 2.07. The molecule has 1 nitrogen and oxygen atoms in total. The van der Waals surface area contributed by atoms with E-state index in [9.17, 15) is 5.11 Å². The lowest BCUT2D eigenvalue weighted by molar-refractivity contribution is 0.131. The summed E-state index contributed by atoms with van der Waals surface area (Å²) in [6.45, 7) is 0. The van der Waals surface area contributed by atoms with E-state index in [1.165, 1.54) is 19.3 Å². The molecule has 1 N–H and O–H groups in total. The van der Waals surface area contributed by atoms with E-state index >= 15 is 0 Å². The Bertz CT molecular complexity index is 64.9. The molecule has 2 atom stereocenters. The van der Waals surface area contributed by atoms with E-state index in [-0.39, 0.29) is 6.10 Å². The fraction of sp³-hybridized carbons (Fsp3) is 1.00. The average molecular weight is 112 g/mol. The Morgan fingerprint density at radius 3 is 2.25 bits per heavy atom. The largest absolute Gasteiger partial charge is 0.394 e. The van der Waals surface area contributed by atoms with Crippen molar-refractivity contribution < 1.29 is 5.11 Å². The van der Waals surface area contributed by atoms with Crippen LogP contribution in [0.2, 0.25) is 5.82 Å². The van der Waals surface area contributed by atoms with Gasteiger partial charge >= 0.3 is 0 Å². The van der Waals surface area contributed by atoms with Gasteiger partial charge in [-0.2, -0.15) is 0 Å². The Kier molecular flexibility index (Phi) is 1.95. The highest BCUT2D eigenvalue weighted by molar-refractivity contribution is 6.12. The molecule has 0 bridgehead atoms. The Labute approximate surface area is 51.5 Å². The molecule has 8 heavy (non-hydrogen) atoms. The Hall–Kier alpha value is 0.0249. The first-order chi connectivity index (χ1) is 3.80. The van der Waals surface area contributed by atoms with Gasteiger partial charge in [0.1, 0.15) is 7.85 Å². The van der Waals surface area contributed by atoms with Crippen molar-refractivity contribution in [3.8, 4) is 0 Å². The van der Waals surface area contributed by atoms with Gasteiger partial charge in [-0.15, -0.1) is 0 Å². The van der Waals surface area contributed by atoms with Gasteiger partial charge in [-0.3, -0.25) is 0 Å². The zero-order valence-electron chi connectivity index (χ0n) is 5.43. The Morgan fingerprint density at radius 1 is 1.25 bits per heavy atom. The molecule has 0 aliphatic heterocycles. The van der Waals surface area contributed by atoms with Crippen LogP contribution in [0.25, 0.3) is 0 Å². The van der Waals surface area contributed by atoms with E-state index in [2.05, 4.69) is 7.85 Å². The van der Waals surface area contributed by atoms with Crippen molar-refractivity contribution in [2.75, 3.05) is 0 Å². The van der Waals surface area contributed by atoms with Crippen molar-refractivity contribution in [2.24, 2.45) is 0 Å². The van der Waals surface area contributed by atoms with Crippen molar-refractivity contribution >= 4 is 7.85 Å². The van der Waals surface area contributed by atoms with Crippen LogP contribution in [0.3, 0.4) is 0 Å². The van der Waals surface area contributed by atoms with Gasteiger partial charge in [0.05, 0.1) is 0 Å². The minimum atomic E-state index is 0.00347. The highest BCUT2D eigenvalue weighted by Gasteiger charge is 2.17. The molecule has 2 heteroatoms. The first kappa shape index (κ1) is 6.15. The van der Waals surface area contributed by atoms with E-state index < -0.39 is 0 Å². The maximum atomic E-state index is 9.18. The molecule has 1 saturated carbocycles. The molecule has 46 valence electrons. The van der Waals surface area contributed by atoms with Crippen LogP contribution in [0.15, 0.2) is 0 Å². The molecule has 0 heterocycles. The van der Waals surface area contributed by atoms with Crippen molar-refractivity contribution in [3.63, 3.8) is 0 Å². The summed E-state index contributed by atoms with van der Waals surface area (Å²) in [5.74, 6) is 0.559. The SMILES string of the molecule is B[C@@H]1CCCC[C@H]1O. The van der Waals surface area contributed by atoms with Gasteiger partial charge < -0.3 is 5.11 Å². The number of aliphatic hydroxyl groups excluding tert-OH is 1. The van der Waals surface area contributed by atoms with Crippen LogP contribution in [0, 0.1) is 0 Å². The lowest BCUT2D eigenvalue weighted by atomic mass is 9.73. The molecule has 0 aromatic heterocycles. The Morgan fingerprint density at radius 2 is 1.88 bits per heavy atom. The molecule has 0 aromatic rings. The molecule has 0 amide bonds. The minimum Gasteiger partial charge on any atom is -0.394 e. The van der Waals surface area contributed by atoms with Crippen molar-refractivity contribution in [1.82, 2.24) is 0 Å². The van der Waals surface area contributed by atoms with Crippen LogP contribution < -0.4 is 0 Å². The highest BCUT2D eigenvalue weighted by Crippen LogP contribution is 2.25. The Balaban J connectivity index is 2.28. The summed E-state index contributed by atoms with van der Waals surface area (Å²) < 4.78 is 0. The lowest BCUT2D eigenvalue weighted by Crippen LogP contribution is -2.19. The van der Waals surface area contributed by atoms with E-state index in [4.69, 9.17) is 0 Å². The molecule has 0 spiro atoms. The van der Waals surface area contributed by atoms with Crippen molar-refractivity contribution in [2.45, 2.75) is 37.6 Å². The molecule has 0 saturated heterocycles. The normalized spacial score (nSPS) is 39.6. The van der Waals surface area contributed by atoms with Crippen LogP contribution in [-0.4, -0.2) is 19.1 Å². The van der Waals surface area contributed by atoms with Gasteiger partial charge in [-0.1, -0.05) is 19.3 Å². The monoisotopic (exact) mass is 112 g/mol. The van der Waals surface area contributed by atoms with Crippen molar-refractivity contribution in [1.29, 1.82) is 0 Å². The van der Waals surface area contributed by atoms with Crippen molar-refractivity contribution in [3.05, 3.63) is 0 Å². The molecule has 0 aromatic carbocycles. The average Bonchev–Trinajstić information content (AvgIpc) is 1.77. The number of rotatable bonds is 0. The van der Waals surface area contributed by atoms with Crippen LogP contribution >= 0.6 is 0 Å². The molecular weight excluding hydrogens is 98.9 g/mol. The summed E-state index contributed by atoms with van der Waals surface area (Å²) in [6.07, 6.45) is 4.80. The van der Waals surface area contributed by atoms with E-state index in [0.29, 0.717) is 5.82 Å². The second-order valence-electron chi connectivity index (χ2n) is 2.83. The van der Waals surface area contributed by atoms with Gasteiger partial charge in [-0.25, -0.2) is 0 Å². The third-order valence-corrected chi connectivity index (χ3v) is 2.07. The quantitative estimate of drug-likeness (QED) is 0.448. The van der Waals surface area contributed by atoms with E-state index in [0.717, 1.165) is 6.42 Å². The predicted octanol–water partition coefficient (Wildman–Crippen LogP) is 0.343. The second kappa shape index (κ2) is 2.54. The molecule has 1 fully saturated rings. The molecule has 1 aliphatic rings.